The lowest BCUT2D eigenvalue weighted by Gasteiger charge is -1.97. The number of carbonyl (C=O) groups excluding carboxylic acids is 1. The molecular formula is C6H10N4O3. The largest absolute Gasteiger partial charge is 0.396 e. The van der Waals surface area contributed by atoms with Crippen LogP contribution in [0.5, 0.6) is 0 Å². The van der Waals surface area contributed by atoms with Crippen LogP contribution in [0.4, 0.5) is 0 Å². The van der Waals surface area contributed by atoms with Gasteiger partial charge in [-0.25, -0.2) is 5.84 Å². The first-order valence-corrected chi connectivity index (χ1v) is 3.62. The summed E-state index contributed by atoms with van der Waals surface area (Å²) in [5.74, 6) is 4.28. The van der Waals surface area contributed by atoms with Crippen LogP contribution in [0.15, 0.2) is 4.79 Å². The topological polar surface area (TPSA) is 124 Å². The third kappa shape index (κ3) is 1.76. The highest BCUT2D eigenvalue weighted by molar-refractivity contribution is 5.93. The van der Waals surface area contributed by atoms with Gasteiger partial charge in [0.2, 0.25) is 0 Å². The van der Waals surface area contributed by atoms with Crippen molar-refractivity contribution in [3.8, 4) is 0 Å². The molecule has 0 bridgehead atoms. The number of hydrogen-bond acceptors (Lipinski definition) is 4. The van der Waals surface area contributed by atoms with E-state index in [4.69, 9.17) is 10.9 Å². The summed E-state index contributed by atoms with van der Waals surface area (Å²) in [5, 5.41) is 13.2. The fourth-order valence-corrected chi connectivity index (χ4v) is 1.000. The average molecular weight is 186 g/mol. The lowest BCUT2D eigenvalue weighted by atomic mass is 10.2. The molecular weight excluding hydrogens is 176 g/mol. The van der Waals surface area contributed by atoms with E-state index in [9.17, 15) is 9.59 Å². The van der Waals surface area contributed by atoms with Crippen LogP contribution in [-0.4, -0.2) is 27.8 Å². The van der Waals surface area contributed by atoms with Gasteiger partial charge in [0, 0.05) is 13.0 Å². The molecule has 13 heavy (non-hydrogen) atoms. The second-order valence-electron chi connectivity index (χ2n) is 2.38. The number of aliphatic hydroxyl groups is 1. The number of hydrazine groups is 1. The average Bonchev–Trinajstić information content (AvgIpc) is 2.48. The van der Waals surface area contributed by atoms with Gasteiger partial charge in [0.25, 0.3) is 11.5 Å². The van der Waals surface area contributed by atoms with Crippen molar-refractivity contribution in [2.75, 3.05) is 6.61 Å². The molecule has 1 rings (SSSR count). The van der Waals surface area contributed by atoms with Crippen molar-refractivity contribution >= 4 is 5.91 Å². The first-order valence-electron chi connectivity index (χ1n) is 3.62. The van der Waals surface area contributed by atoms with Crippen LogP contribution in [-0.2, 0) is 6.42 Å². The van der Waals surface area contributed by atoms with Gasteiger partial charge in [-0.05, 0) is 0 Å². The molecule has 7 nitrogen and oxygen atoms in total. The zero-order chi connectivity index (χ0) is 9.84. The van der Waals surface area contributed by atoms with Gasteiger partial charge in [-0.15, -0.1) is 0 Å². The van der Waals surface area contributed by atoms with E-state index in [2.05, 4.69) is 10.2 Å². The highest BCUT2D eigenvalue weighted by atomic mass is 16.3. The third-order valence-electron chi connectivity index (χ3n) is 1.60. The molecule has 1 heterocycles. The minimum Gasteiger partial charge on any atom is -0.396 e. The van der Waals surface area contributed by atoms with Crippen molar-refractivity contribution < 1.29 is 9.90 Å². The maximum atomic E-state index is 11.0. The first-order chi connectivity index (χ1) is 6.20. The Morgan fingerprint density at radius 2 is 2.23 bits per heavy atom. The van der Waals surface area contributed by atoms with E-state index >= 15 is 0 Å². The van der Waals surface area contributed by atoms with E-state index in [0.717, 1.165) is 0 Å². The van der Waals surface area contributed by atoms with Gasteiger partial charge in [-0.3, -0.25) is 25.2 Å². The van der Waals surface area contributed by atoms with Crippen molar-refractivity contribution in [1.29, 1.82) is 0 Å². The third-order valence-corrected chi connectivity index (χ3v) is 1.60. The van der Waals surface area contributed by atoms with E-state index in [0.29, 0.717) is 0 Å². The van der Waals surface area contributed by atoms with Gasteiger partial charge >= 0.3 is 0 Å². The highest BCUT2D eigenvalue weighted by Gasteiger charge is 2.14. The highest BCUT2D eigenvalue weighted by Crippen LogP contribution is 1.99. The summed E-state index contributed by atoms with van der Waals surface area (Å²) in [4.78, 5) is 22.0. The van der Waals surface area contributed by atoms with Gasteiger partial charge in [0.05, 0.1) is 5.56 Å². The number of aromatic amines is 2. The van der Waals surface area contributed by atoms with E-state index < -0.39 is 11.5 Å². The summed E-state index contributed by atoms with van der Waals surface area (Å²) in [7, 11) is 0. The Hall–Kier alpha value is -1.60. The molecule has 0 saturated carbocycles. The normalized spacial score (nSPS) is 10.0. The molecule has 0 aromatic carbocycles. The molecule has 1 amide bonds. The SMILES string of the molecule is NNC(=O)c1[nH][nH]c(=O)c1CCO. The van der Waals surface area contributed by atoms with E-state index in [1.807, 2.05) is 5.43 Å². The Morgan fingerprint density at radius 3 is 2.77 bits per heavy atom. The monoisotopic (exact) mass is 186 g/mol. The molecule has 0 aliphatic heterocycles. The van der Waals surface area contributed by atoms with Crippen molar-refractivity contribution in [3.63, 3.8) is 0 Å². The minimum absolute atomic E-state index is 0.0570. The van der Waals surface area contributed by atoms with Crippen LogP contribution >= 0.6 is 0 Å². The zero-order valence-corrected chi connectivity index (χ0v) is 6.76. The molecule has 72 valence electrons. The van der Waals surface area contributed by atoms with Gasteiger partial charge in [0.1, 0.15) is 5.69 Å². The number of nitrogen functional groups attached to an aromatic ring is 1. The molecule has 0 aliphatic rings. The van der Waals surface area contributed by atoms with E-state index in [1.54, 1.807) is 0 Å². The number of nitrogens with two attached hydrogens (primary N) is 1. The van der Waals surface area contributed by atoms with Crippen molar-refractivity contribution in [1.82, 2.24) is 15.6 Å². The Morgan fingerprint density at radius 1 is 1.54 bits per heavy atom. The summed E-state index contributed by atoms with van der Waals surface area (Å²) in [6, 6.07) is 0. The van der Waals surface area contributed by atoms with E-state index in [-0.39, 0.29) is 24.3 Å². The van der Waals surface area contributed by atoms with Crippen molar-refractivity contribution in [2.24, 2.45) is 5.84 Å². The van der Waals surface area contributed by atoms with Crippen LogP contribution in [0, 0.1) is 0 Å². The van der Waals surface area contributed by atoms with E-state index in [1.165, 1.54) is 0 Å². The minimum atomic E-state index is -0.596. The predicted molar refractivity (Wildman–Crippen MR) is 43.9 cm³/mol. The number of hydrogen-bond donors (Lipinski definition) is 5. The number of aliphatic hydroxyl groups excluding tert-OH is 1. The quantitative estimate of drug-likeness (QED) is 0.209. The number of carbonyl (C=O) groups is 1. The van der Waals surface area contributed by atoms with Crippen LogP contribution in [0.3, 0.4) is 0 Å². The molecule has 6 N–H and O–H groups in total. The van der Waals surface area contributed by atoms with Crippen LogP contribution < -0.4 is 16.8 Å². The van der Waals surface area contributed by atoms with Gasteiger partial charge < -0.3 is 5.11 Å². The molecule has 0 unspecified atom stereocenters. The van der Waals surface area contributed by atoms with Crippen molar-refractivity contribution in [3.05, 3.63) is 21.6 Å². The zero-order valence-electron chi connectivity index (χ0n) is 6.76. The van der Waals surface area contributed by atoms with Crippen LogP contribution in [0.1, 0.15) is 16.1 Å². The Balaban J connectivity index is 3.07. The number of aromatic nitrogens is 2. The second kappa shape index (κ2) is 3.87. The molecule has 0 atom stereocenters. The molecule has 0 radical (unpaired) electrons. The number of amides is 1. The summed E-state index contributed by atoms with van der Waals surface area (Å²) in [6.45, 7) is -0.203. The van der Waals surface area contributed by atoms with Crippen LogP contribution in [0.25, 0.3) is 0 Å². The number of H-pyrrole nitrogens is 2. The van der Waals surface area contributed by atoms with Gasteiger partial charge in [-0.1, -0.05) is 0 Å². The molecule has 0 saturated heterocycles. The second-order valence-corrected chi connectivity index (χ2v) is 2.38. The smallest absolute Gasteiger partial charge is 0.283 e. The summed E-state index contributed by atoms with van der Waals surface area (Å²) < 4.78 is 0. The molecule has 0 spiro atoms. The number of rotatable bonds is 3. The summed E-state index contributed by atoms with van der Waals surface area (Å²) >= 11 is 0. The molecule has 0 aliphatic carbocycles. The van der Waals surface area contributed by atoms with Crippen molar-refractivity contribution in [2.45, 2.75) is 6.42 Å². The Bertz CT molecular complexity index is 353. The lowest BCUT2D eigenvalue weighted by molar-refractivity contribution is 0.0947. The fourth-order valence-electron chi connectivity index (χ4n) is 1.000. The Kier molecular flexibility index (Phi) is 2.83. The van der Waals surface area contributed by atoms with Gasteiger partial charge in [0.15, 0.2) is 0 Å². The number of nitrogens with one attached hydrogen (secondary N) is 3. The molecule has 7 heteroatoms. The molecule has 0 fully saturated rings. The molecule has 1 aromatic rings. The maximum absolute atomic E-state index is 11.0. The Labute approximate surface area is 72.9 Å². The maximum Gasteiger partial charge on any atom is 0.283 e. The lowest BCUT2D eigenvalue weighted by Crippen LogP contribution is -2.31. The standard InChI is InChI=1S/C6H10N4O3/c7-8-6(13)4-3(1-2-11)5(12)10-9-4/h11H,1-2,7H2,(H,8,13)(H2,9,10,12). The predicted octanol–water partition coefficient (Wildman–Crippen LogP) is -2.16. The van der Waals surface area contributed by atoms with Crippen LogP contribution in [0.2, 0.25) is 0 Å². The summed E-state index contributed by atoms with van der Waals surface area (Å²) in [6.07, 6.45) is 0.113. The molecule has 1 aromatic heterocycles. The van der Waals surface area contributed by atoms with Gasteiger partial charge in [-0.2, -0.15) is 0 Å². The summed E-state index contributed by atoms with van der Waals surface area (Å²) in [5.41, 5.74) is 1.72. The first kappa shape index (κ1) is 9.49. The fraction of sp³-hybridized carbons (Fsp3) is 0.333.